The molecule has 3 N–H and O–H groups in total. The van der Waals surface area contributed by atoms with E-state index in [1.165, 1.54) is 12.4 Å². The van der Waals surface area contributed by atoms with Gasteiger partial charge in [0, 0.05) is 53.3 Å². The molecule has 3 aromatic heterocycles. The van der Waals surface area contributed by atoms with Gasteiger partial charge in [0.1, 0.15) is 23.8 Å². The number of fused-ring (bicyclic) bond motifs is 4. The summed E-state index contributed by atoms with van der Waals surface area (Å²) >= 11 is 0. The number of aliphatic carboxylic acids is 1. The van der Waals surface area contributed by atoms with E-state index in [4.69, 9.17) is 0 Å². The van der Waals surface area contributed by atoms with Crippen molar-refractivity contribution in [3.63, 3.8) is 0 Å². The monoisotopic (exact) mass is 476 g/mol. The minimum atomic E-state index is -0.801. The van der Waals surface area contributed by atoms with E-state index in [1.54, 1.807) is 24.7 Å². The van der Waals surface area contributed by atoms with Crippen LogP contribution in [0.25, 0.3) is 33.5 Å². The molecule has 0 radical (unpaired) electrons. The fourth-order valence-corrected chi connectivity index (χ4v) is 5.74. The Morgan fingerprint density at radius 2 is 1.77 bits per heavy atom. The number of hydrogen-bond acceptors (Lipinski definition) is 6. The molecule has 1 aromatic carbocycles. The number of halogens is 2. The lowest BCUT2D eigenvalue weighted by Gasteiger charge is -2.47. The second-order valence-electron chi connectivity index (χ2n) is 9.31. The second-order valence-corrected chi connectivity index (χ2v) is 9.31. The highest BCUT2D eigenvalue weighted by Crippen LogP contribution is 2.46. The van der Waals surface area contributed by atoms with E-state index >= 15 is 0 Å². The maximum absolute atomic E-state index is 14.3. The standard InChI is InChI=1S/C25H22F2N6O2/c26-15-5-16-17(10-30-23(16)18(27)6-15)24-31-19(14-8-28-11-29-9-14)7-20(33-24)32-22-13-3-1-12(2-4-13)21(22)25(34)35/h5-13,21-22,30H,1-4H2,(H,34,35)(H,31,32,33)/t12?,13?,21-,22-/m1/s1. The van der Waals surface area contributed by atoms with Crippen molar-refractivity contribution in [3.05, 3.63) is 54.8 Å². The van der Waals surface area contributed by atoms with Crippen molar-refractivity contribution >= 4 is 22.7 Å². The van der Waals surface area contributed by atoms with Crippen molar-refractivity contribution in [2.24, 2.45) is 17.8 Å². The summed E-state index contributed by atoms with van der Waals surface area (Å²) in [5.41, 5.74) is 1.73. The van der Waals surface area contributed by atoms with Crippen LogP contribution in [0.1, 0.15) is 25.7 Å². The third-order valence-corrected chi connectivity index (χ3v) is 7.35. The Morgan fingerprint density at radius 1 is 1.03 bits per heavy atom. The predicted octanol–water partition coefficient (Wildman–Crippen LogP) is 4.66. The Balaban J connectivity index is 1.47. The summed E-state index contributed by atoms with van der Waals surface area (Å²) in [5, 5.41) is 13.7. The van der Waals surface area contributed by atoms with Crippen LogP contribution in [-0.4, -0.2) is 42.0 Å². The first-order valence-electron chi connectivity index (χ1n) is 11.6. The number of anilines is 1. The summed E-state index contributed by atoms with van der Waals surface area (Å²) in [6, 6.07) is 3.53. The summed E-state index contributed by atoms with van der Waals surface area (Å²) in [4.78, 5) is 32.4. The van der Waals surface area contributed by atoms with Crippen LogP contribution in [0.4, 0.5) is 14.6 Å². The number of carboxylic acid groups (broad SMARTS) is 1. The third kappa shape index (κ3) is 3.78. The quantitative estimate of drug-likeness (QED) is 0.383. The SMILES string of the molecule is O=C(O)[C@@H]1C2CCC(CC2)[C@H]1Nc1cc(-c2cncnc2)nc(-c2c[nH]c3c(F)cc(F)cc23)n1. The number of benzene rings is 1. The molecule has 0 aliphatic heterocycles. The molecule has 35 heavy (non-hydrogen) atoms. The van der Waals surface area contributed by atoms with Crippen LogP contribution in [0.15, 0.2) is 43.1 Å². The van der Waals surface area contributed by atoms with Crippen molar-refractivity contribution in [1.29, 1.82) is 0 Å². The lowest BCUT2D eigenvalue weighted by Crippen LogP contribution is -2.51. The zero-order valence-electron chi connectivity index (χ0n) is 18.6. The van der Waals surface area contributed by atoms with Gasteiger partial charge in [-0.15, -0.1) is 0 Å². The molecule has 178 valence electrons. The maximum Gasteiger partial charge on any atom is 0.308 e. The molecule has 0 amide bonds. The minimum Gasteiger partial charge on any atom is -0.481 e. The Hall–Kier alpha value is -3.95. The summed E-state index contributed by atoms with van der Waals surface area (Å²) in [7, 11) is 0. The van der Waals surface area contributed by atoms with Gasteiger partial charge in [-0.25, -0.2) is 28.7 Å². The van der Waals surface area contributed by atoms with Crippen molar-refractivity contribution in [1.82, 2.24) is 24.9 Å². The van der Waals surface area contributed by atoms with Crippen LogP contribution < -0.4 is 5.32 Å². The van der Waals surface area contributed by atoms with Crippen LogP contribution in [-0.2, 0) is 4.79 Å². The van der Waals surface area contributed by atoms with Crippen molar-refractivity contribution < 1.29 is 18.7 Å². The smallest absolute Gasteiger partial charge is 0.308 e. The lowest BCUT2D eigenvalue weighted by molar-refractivity contribution is -0.148. The molecule has 3 fully saturated rings. The fourth-order valence-electron chi connectivity index (χ4n) is 5.74. The largest absolute Gasteiger partial charge is 0.481 e. The van der Waals surface area contributed by atoms with Gasteiger partial charge < -0.3 is 15.4 Å². The number of nitrogens with one attached hydrogen (secondary N) is 2. The van der Waals surface area contributed by atoms with Gasteiger partial charge in [-0.1, -0.05) is 0 Å². The van der Waals surface area contributed by atoms with E-state index in [1.807, 2.05) is 0 Å². The van der Waals surface area contributed by atoms with Crippen LogP contribution >= 0.6 is 0 Å². The van der Waals surface area contributed by atoms with Gasteiger partial charge in [-0.05, 0) is 43.6 Å². The molecule has 3 heterocycles. The number of aromatic nitrogens is 5. The normalized spacial score (nSPS) is 23.5. The molecular weight excluding hydrogens is 454 g/mol. The van der Waals surface area contributed by atoms with Crippen LogP contribution in [0, 0.1) is 29.4 Å². The molecule has 3 aliphatic carbocycles. The molecule has 3 saturated carbocycles. The maximum atomic E-state index is 14.3. The van der Waals surface area contributed by atoms with Crippen LogP contribution in [0.2, 0.25) is 0 Å². The Morgan fingerprint density at radius 3 is 2.51 bits per heavy atom. The van der Waals surface area contributed by atoms with Crippen molar-refractivity contribution in [2.45, 2.75) is 31.7 Å². The van der Waals surface area contributed by atoms with Crippen LogP contribution in [0.5, 0.6) is 0 Å². The molecule has 10 heteroatoms. The molecule has 2 bridgehead atoms. The van der Waals surface area contributed by atoms with Gasteiger partial charge in [0.2, 0.25) is 0 Å². The van der Waals surface area contributed by atoms with E-state index in [0.29, 0.717) is 28.0 Å². The van der Waals surface area contributed by atoms with Crippen LogP contribution in [0.3, 0.4) is 0 Å². The number of H-pyrrole nitrogens is 1. The number of rotatable bonds is 5. The summed E-state index contributed by atoms with van der Waals surface area (Å²) < 4.78 is 28.3. The first kappa shape index (κ1) is 21.6. The summed E-state index contributed by atoms with van der Waals surface area (Å²) in [5.74, 6) is -1.64. The number of carbonyl (C=O) groups is 1. The molecule has 2 atom stereocenters. The van der Waals surface area contributed by atoms with Gasteiger partial charge in [0.15, 0.2) is 5.82 Å². The van der Waals surface area contributed by atoms with Gasteiger partial charge in [0.05, 0.1) is 17.1 Å². The highest BCUT2D eigenvalue weighted by Gasteiger charge is 2.47. The number of nitrogens with zero attached hydrogens (tertiary/aromatic N) is 4. The molecule has 8 nitrogen and oxygen atoms in total. The van der Waals surface area contributed by atoms with Crippen molar-refractivity contribution in [2.75, 3.05) is 5.32 Å². The van der Waals surface area contributed by atoms with E-state index in [0.717, 1.165) is 31.7 Å². The lowest BCUT2D eigenvalue weighted by atomic mass is 9.61. The van der Waals surface area contributed by atoms with Gasteiger partial charge in [0.25, 0.3) is 0 Å². The number of carboxylic acids is 1. The fraction of sp³-hybridized carbons (Fsp3) is 0.320. The molecular formula is C25H22F2N6O2. The van der Waals surface area contributed by atoms with E-state index < -0.39 is 23.5 Å². The first-order chi connectivity index (χ1) is 17.0. The Kier molecular flexibility index (Phi) is 5.16. The van der Waals surface area contributed by atoms with E-state index in [9.17, 15) is 18.7 Å². The van der Waals surface area contributed by atoms with Gasteiger partial charge in [-0.3, -0.25) is 4.79 Å². The topological polar surface area (TPSA) is 117 Å². The third-order valence-electron chi connectivity index (χ3n) is 7.35. The summed E-state index contributed by atoms with van der Waals surface area (Å²) in [6.07, 6.45) is 9.98. The second kappa shape index (κ2) is 8.37. The Labute approximate surface area is 198 Å². The molecule has 0 saturated heterocycles. The average molecular weight is 476 g/mol. The first-order valence-corrected chi connectivity index (χ1v) is 11.6. The molecule has 7 rings (SSSR count). The number of hydrogen-bond donors (Lipinski definition) is 3. The average Bonchev–Trinajstić information content (AvgIpc) is 3.29. The highest BCUT2D eigenvalue weighted by atomic mass is 19.1. The van der Waals surface area contributed by atoms with Gasteiger partial charge >= 0.3 is 5.97 Å². The number of aromatic amines is 1. The van der Waals surface area contributed by atoms with Crippen molar-refractivity contribution in [3.8, 4) is 22.6 Å². The molecule has 0 spiro atoms. The minimum absolute atomic E-state index is 0.137. The van der Waals surface area contributed by atoms with Gasteiger partial charge in [-0.2, -0.15) is 0 Å². The molecule has 4 aromatic rings. The Bertz CT molecular complexity index is 1420. The van der Waals surface area contributed by atoms with E-state index in [2.05, 4.69) is 30.2 Å². The molecule has 3 aliphatic rings. The zero-order valence-corrected chi connectivity index (χ0v) is 18.6. The van der Waals surface area contributed by atoms with E-state index in [-0.39, 0.29) is 29.2 Å². The summed E-state index contributed by atoms with van der Waals surface area (Å²) in [6.45, 7) is 0. The highest BCUT2D eigenvalue weighted by molar-refractivity contribution is 5.94. The zero-order chi connectivity index (χ0) is 24.1. The molecule has 0 unspecified atom stereocenters. The predicted molar refractivity (Wildman–Crippen MR) is 124 cm³/mol.